The van der Waals surface area contributed by atoms with Crippen LogP contribution in [0, 0.1) is 5.82 Å². The van der Waals surface area contributed by atoms with Crippen LogP contribution in [0.1, 0.15) is 30.1 Å². The summed E-state index contributed by atoms with van der Waals surface area (Å²) in [5, 5.41) is 3.43. The molecule has 3 aromatic rings. The predicted molar refractivity (Wildman–Crippen MR) is 110 cm³/mol. The molecule has 2 atom stereocenters. The number of amides is 1. The lowest BCUT2D eigenvalue weighted by molar-refractivity contribution is 0.0612. The van der Waals surface area contributed by atoms with Crippen LogP contribution < -0.4 is 10.1 Å². The van der Waals surface area contributed by atoms with Gasteiger partial charge in [-0.05, 0) is 44.0 Å². The smallest absolute Gasteiger partial charge is 0.258 e. The average molecular weight is 394 g/mol. The monoisotopic (exact) mass is 394 g/mol. The number of nitrogens with zero attached hydrogens (tertiary/aromatic N) is 3. The van der Waals surface area contributed by atoms with Gasteiger partial charge >= 0.3 is 0 Å². The van der Waals surface area contributed by atoms with E-state index in [2.05, 4.69) is 15.3 Å². The molecule has 29 heavy (non-hydrogen) atoms. The molecule has 7 heteroatoms. The van der Waals surface area contributed by atoms with Crippen molar-refractivity contribution in [2.45, 2.75) is 31.8 Å². The third kappa shape index (κ3) is 3.72. The first-order valence-corrected chi connectivity index (χ1v) is 9.70. The highest BCUT2D eigenvalue weighted by Crippen LogP contribution is 2.28. The van der Waals surface area contributed by atoms with Gasteiger partial charge < -0.3 is 15.0 Å². The van der Waals surface area contributed by atoms with Crippen LogP contribution in [-0.4, -0.2) is 46.5 Å². The van der Waals surface area contributed by atoms with Crippen molar-refractivity contribution in [3.05, 3.63) is 60.0 Å². The van der Waals surface area contributed by atoms with Crippen molar-refractivity contribution < 1.29 is 13.9 Å². The van der Waals surface area contributed by atoms with Crippen LogP contribution in [0.15, 0.2) is 48.7 Å². The molecule has 6 nitrogen and oxygen atoms in total. The minimum Gasteiger partial charge on any atom is -0.493 e. The lowest BCUT2D eigenvalue weighted by Crippen LogP contribution is -2.52. The van der Waals surface area contributed by atoms with Crippen LogP contribution in [-0.2, 0) is 0 Å². The Morgan fingerprint density at radius 1 is 1.21 bits per heavy atom. The Morgan fingerprint density at radius 2 is 2.00 bits per heavy atom. The van der Waals surface area contributed by atoms with Crippen molar-refractivity contribution in [2.75, 3.05) is 19.0 Å². The minimum atomic E-state index is -0.538. The van der Waals surface area contributed by atoms with Gasteiger partial charge in [0, 0.05) is 18.6 Å². The molecule has 0 bridgehead atoms. The van der Waals surface area contributed by atoms with Gasteiger partial charge in [0.05, 0.1) is 29.9 Å². The molecule has 0 saturated carbocycles. The second kappa shape index (κ2) is 8.03. The maximum Gasteiger partial charge on any atom is 0.258 e. The van der Waals surface area contributed by atoms with Crippen LogP contribution in [0.5, 0.6) is 5.75 Å². The van der Waals surface area contributed by atoms with Gasteiger partial charge in [-0.2, -0.15) is 0 Å². The highest BCUT2D eigenvalue weighted by atomic mass is 19.1. The van der Waals surface area contributed by atoms with E-state index in [4.69, 9.17) is 4.74 Å². The summed E-state index contributed by atoms with van der Waals surface area (Å²) in [6.45, 7) is 2.61. The van der Waals surface area contributed by atoms with Crippen molar-refractivity contribution in [1.29, 1.82) is 0 Å². The van der Waals surface area contributed by atoms with E-state index in [0.717, 1.165) is 23.9 Å². The molecule has 4 rings (SSSR count). The number of anilines is 1. The SMILES string of the molecule is COc1c(F)cccc1C(=O)N1CCCC(Nc2cnc3ccccc3n2)C1C. The fourth-order valence-corrected chi connectivity index (χ4v) is 3.88. The Kier molecular flexibility index (Phi) is 5.29. The van der Waals surface area contributed by atoms with Crippen LogP contribution in [0.3, 0.4) is 0 Å². The molecule has 0 radical (unpaired) electrons. The number of para-hydroxylation sites is 3. The summed E-state index contributed by atoms with van der Waals surface area (Å²) in [6.07, 6.45) is 3.46. The van der Waals surface area contributed by atoms with Crippen LogP contribution in [0.2, 0.25) is 0 Å². The Labute approximate surface area is 168 Å². The summed E-state index contributed by atoms with van der Waals surface area (Å²) < 4.78 is 19.2. The number of hydrogen-bond donors (Lipinski definition) is 1. The second-order valence-electron chi connectivity index (χ2n) is 7.20. The summed E-state index contributed by atoms with van der Waals surface area (Å²) in [7, 11) is 1.37. The number of aromatic nitrogens is 2. The van der Waals surface area contributed by atoms with Gasteiger partial charge in [0.1, 0.15) is 5.82 Å². The van der Waals surface area contributed by atoms with E-state index in [1.807, 2.05) is 31.2 Å². The molecule has 1 aromatic heterocycles. The molecule has 0 aliphatic carbocycles. The van der Waals surface area contributed by atoms with Gasteiger partial charge in [0.15, 0.2) is 11.6 Å². The number of likely N-dealkylation sites (tertiary alicyclic amines) is 1. The third-order valence-electron chi connectivity index (χ3n) is 5.43. The number of rotatable bonds is 4. The highest BCUT2D eigenvalue weighted by molar-refractivity contribution is 5.97. The summed E-state index contributed by atoms with van der Waals surface area (Å²) in [5.74, 6) is -0.104. The van der Waals surface area contributed by atoms with E-state index in [0.29, 0.717) is 12.4 Å². The van der Waals surface area contributed by atoms with Gasteiger partial charge in [0.25, 0.3) is 5.91 Å². The molecule has 2 heterocycles. The minimum absolute atomic E-state index is 0.0137. The number of benzene rings is 2. The molecular weight excluding hydrogens is 371 g/mol. The van der Waals surface area contributed by atoms with Crippen molar-refractivity contribution in [3.8, 4) is 5.75 Å². The molecule has 1 aliphatic heterocycles. The van der Waals surface area contributed by atoms with E-state index < -0.39 is 5.82 Å². The Hall–Kier alpha value is -3.22. The number of fused-ring (bicyclic) bond motifs is 1. The molecule has 1 saturated heterocycles. The first-order valence-electron chi connectivity index (χ1n) is 9.70. The topological polar surface area (TPSA) is 67.3 Å². The maximum absolute atomic E-state index is 14.0. The van der Waals surface area contributed by atoms with Crippen molar-refractivity contribution in [3.63, 3.8) is 0 Å². The first kappa shape index (κ1) is 19.1. The van der Waals surface area contributed by atoms with Gasteiger partial charge in [-0.3, -0.25) is 9.78 Å². The molecule has 1 N–H and O–H groups in total. The predicted octanol–water partition coefficient (Wildman–Crippen LogP) is 3.88. The molecule has 0 spiro atoms. The molecule has 150 valence electrons. The van der Waals surface area contributed by atoms with E-state index in [9.17, 15) is 9.18 Å². The Balaban J connectivity index is 1.55. The number of nitrogens with one attached hydrogen (secondary N) is 1. The Morgan fingerprint density at radius 3 is 2.79 bits per heavy atom. The third-order valence-corrected chi connectivity index (χ3v) is 5.43. The first-order chi connectivity index (χ1) is 14.1. The summed E-state index contributed by atoms with van der Waals surface area (Å²) in [6, 6.07) is 12.0. The lowest BCUT2D eigenvalue weighted by atomic mass is 9.96. The summed E-state index contributed by atoms with van der Waals surface area (Å²) in [5.41, 5.74) is 1.90. The zero-order chi connectivity index (χ0) is 20.4. The van der Waals surface area contributed by atoms with Crippen LogP contribution in [0.25, 0.3) is 11.0 Å². The number of ether oxygens (including phenoxy) is 1. The second-order valence-corrected chi connectivity index (χ2v) is 7.20. The maximum atomic E-state index is 14.0. The molecule has 2 unspecified atom stereocenters. The summed E-state index contributed by atoms with van der Waals surface area (Å²) in [4.78, 5) is 24.0. The van der Waals surface area contributed by atoms with Gasteiger partial charge in [0.2, 0.25) is 0 Å². The number of piperidine rings is 1. The van der Waals surface area contributed by atoms with Crippen molar-refractivity contribution in [1.82, 2.24) is 14.9 Å². The normalized spacial score (nSPS) is 19.2. The molecule has 1 amide bonds. The fraction of sp³-hybridized carbons (Fsp3) is 0.318. The number of halogens is 1. The number of hydrogen-bond acceptors (Lipinski definition) is 5. The van der Waals surface area contributed by atoms with Crippen LogP contribution >= 0.6 is 0 Å². The van der Waals surface area contributed by atoms with E-state index >= 15 is 0 Å². The van der Waals surface area contributed by atoms with Crippen LogP contribution in [0.4, 0.5) is 10.2 Å². The largest absolute Gasteiger partial charge is 0.493 e. The quantitative estimate of drug-likeness (QED) is 0.727. The van der Waals surface area contributed by atoms with Crippen molar-refractivity contribution >= 4 is 22.8 Å². The lowest BCUT2D eigenvalue weighted by Gasteiger charge is -2.40. The average Bonchev–Trinajstić information content (AvgIpc) is 2.74. The zero-order valence-corrected chi connectivity index (χ0v) is 16.4. The zero-order valence-electron chi connectivity index (χ0n) is 16.4. The standard InChI is InChI=1S/C22H23FN4O2/c1-14-17(25-20-13-24-18-9-3-4-10-19(18)26-20)11-6-12-27(14)22(28)15-7-5-8-16(23)21(15)29-2/h3-5,7-10,13-14,17H,6,11-12H2,1-2H3,(H,25,26). The molecule has 1 fully saturated rings. The van der Waals surface area contributed by atoms with E-state index in [1.165, 1.54) is 19.2 Å². The number of methoxy groups -OCH3 is 1. The Bertz CT molecular complexity index is 1040. The number of carbonyl (C=O) groups excluding carboxylic acids is 1. The molecule has 2 aromatic carbocycles. The van der Waals surface area contributed by atoms with Gasteiger partial charge in [-0.1, -0.05) is 18.2 Å². The van der Waals surface area contributed by atoms with E-state index in [1.54, 1.807) is 17.2 Å². The van der Waals surface area contributed by atoms with Gasteiger partial charge in [-0.15, -0.1) is 0 Å². The number of carbonyl (C=O) groups is 1. The van der Waals surface area contributed by atoms with E-state index in [-0.39, 0.29) is 29.3 Å². The van der Waals surface area contributed by atoms with Gasteiger partial charge in [-0.25, -0.2) is 9.37 Å². The molecule has 1 aliphatic rings. The summed E-state index contributed by atoms with van der Waals surface area (Å²) >= 11 is 0. The van der Waals surface area contributed by atoms with Crippen molar-refractivity contribution in [2.24, 2.45) is 0 Å². The fourth-order valence-electron chi connectivity index (χ4n) is 3.88. The highest BCUT2D eigenvalue weighted by Gasteiger charge is 2.33. The molecular formula is C22H23FN4O2.